The zero-order chi connectivity index (χ0) is 8.55. The van der Waals surface area contributed by atoms with E-state index in [1.165, 1.54) is 7.11 Å². The fourth-order valence-electron chi connectivity index (χ4n) is 1.99. The van der Waals surface area contributed by atoms with Gasteiger partial charge in [-0.1, -0.05) is 0 Å². The van der Waals surface area contributed by atoms with Crippen molar-refractivity contribution in [2.45, 2.75) is 18.6 Å². The van der Waals surface area contributed by atoms with Crippen molar-refractivity contribution in [1.29, 1.82) is 0 Å². The van der Waals surface area contributed by atoms with Crippen LogP contribution in [0.5, 0.6) is 0 Å². The number of rotatable bonds is 1. The molecule has 2 saturated heterocycles. The molecule has 0 radical (unpaired) electrons. The van der Waals surface area contributed by atoms with E-state index < -0.39 is 0 Å². The van der Waals surface area contributed by atoms with Gasteiger partial charge in [-0.2, -0.15) is 0 Å². The number of esters is 1. The van der Waals surface area contributed by atoms with Crippen molar-refractivity contribution in [3.8, 4) is 0 Å². The summed E-state index contributed by atoms with van der Waals surface area (Å²) >= 11 is 0. The maximum atomic E-state index is 11.3. The molecule has 1 unspecified atom stereocenters. The van der Waals surface area contributed by atoms with E-state index in [-0.39, 0.29) is 18.1 Å². The lowest BCUT2D eigenvalue weighted by Gasteiger charge is -2.30. The summed E-state index contributed by atoms with van der Waals surface area (Å²) in [4.78, 5) is 13.4. The maximum absolute atomic E-state index is 11.3. The van der Waals surface area contributed by atoms with E-state index in [1.807, 2.05) is 0 Å². The van der Waals surface area contributed by atoms with E-state index in [0.717, 1.165) is 26.1 Å². The highest BCUT2D eigenvalue weighted by atomic mass is 16.5. The van der Waals surface area contributed by atoms with Crippen LogP contribution in [0.1, 0.15) is 6.42 Å². The van der Waals surface area contributed by atoms with Crippen LogP contribution in [-0.4, -0.2) is 49.8 Å². The Labute approximate surface area is 71.4 Å². The Balaban J connectivity index is 2.10. The molecule has 0 aromatic carbocycles. The first-order chi connectivity index (χ1) is 5.83. The zero-order valence-electron chi connectivity index (χ0n) is 7.16. The Hall–Kier alpha value is -0.610. The lowest BCUT2D eigenvalue weighted by Crippen LogP contribution is -2.48. The number of methoxy groups -OCH3 is 1. The Morgan fingerprint density at radius 3 is 3.08 bits per heavy atom. The Morgan fingerprint density at radius 2 is 2.42 bits per heavy atom. The quantitative estimate of drug-likeness (QED) is 0.505. The molecule has 4 nitrogen and oxygen atoms in total. The van der Waals surface area contributed by atoms with E-state index >= 15 is 0 Å². The summed E-state index contributed by atoms with van der Waals surface area (Å²) in [5.74, 6) is -0.155. The summed E-state index contributed by atoms with van der Waals surface area (Å²) in [6.45, 7) is 2.57. The minimum atomic E-state index is -0.155. The molecular weight excluding hydrogens is 158 g/mol. The molecule has 68 valence electrons. The smallest absolute Gasteiger partial charge is 0.325 e. The maximum Gasteiger partial charge on any atom is 0.325 e. The molecule has 12 heavy (non-hydrogen) atoms. The Bertz CT molecular complexity index is 179. The third-order valence-electron chi connectivity index (χ3n) is 2.60. The van der Waals surface area contributed by atoms with Gasteiger partial charge in [-0.25, -0.2) is 0 Å². The van der Waals surface area contributed by atoms with Gasteiger partial charge in [0, 0.05) is 13.1 Å². The highest BCUT2D eigenvalue weighted by molar-refractivity contribution is 5.77. The number of hydrogen-bond acceptors (Lipinski definition) is 4. The highest BCUT2D eigenvalue weighted by Gasteiger charge is 2.43. The molecule has 0 spiro atoms. The van der Waals surface area contributed by atoms with Crippen LogP contribution in [0.25, 0.3) is 0 Å². The first-order valence-corrected chi connectivity index (χ1v) is 4.26. The second-order valence-corrected chi connectivity index (χ2v) is 3.20. The van der Waals surface area contributed by atoms with Crippen LogP contribution in [-0.2, 0) is 14.3 Å². The summed E-state index contributed by atoms with van der Waals surface area (Å²) in [5, 5.41) is 0. The molecular formula is C8H13NO3. The first-order valence-electron chi connectivity index (χ1n) is 4.26. The second kappa shape index (κ2) is 3.03. The van der Waals surface area contributed by atoms with Crippen LogP contribution in [0.3, 0.4) is 0 Å². The SMILES string of the molecule is COC(=O)[C@@H]1[C@@H]2CCN1CCO2. The van der Waals surface area contributed by atoms with Crippen LogP contribution < -0.4 is 0 Å². The van der Waals surface area contributed by atoms with Gasteiger partial charge in [-0.3, -0.25) is 9.69 Å². The summed E-state index contributed by atoms with van der Waals surface area (Å²) in [6.07, 6.45) is 1.03. The third-order valence-corrected chi connectivity index (χ3v) is 2.60. The molecule has 0 aromatic heterocycles. The molecule has 0 amide bonds. The number of carbonyl (C=O) groups is 1. The van der Waals surface area contributed by atoms with Crippen LogP contribution in [0.2, 0.25) is 0 Å². The standard InChI is InChI=1S/C8H13NO3/c1-11-8(10)7-6-2-3-9(7)4-5-12-6/h6-7H,2-5H2,1H3/t6-,7-/m0/s1. The van der Waals surface area contributed by atoms with Gasteiger partial charge in [0.2, 0.25) is 0 Å². The molecule has 0 aromatic rings. The van der Waals surface area contributed by atoms with Crippen LogP contribution >= 0.6 is 0 Å². The molecule has 4 heteroatoms. The summed E-state index contributed by atoms with van der Waals surface area (Å²) in [7, 11) is 1.43. The van der Waals surface area contributed by atoms with E-state index in [4.69, 9.17) is 9.47 Å². The van der Waals surface area contributed by atoms with E-state index in [1.54, 1.807) is 0 Å². The van der Waals surface area contributed by atoms with Crippen molar-refractivity contribution in [2.75, 3.05) is 26.8 Å². The predicted molar refractivity (Wildman–Crippen MR) is 41.7 cm³/mol. The number of ether oxygens (including phenoxy) is 2. The van der Waals surface area contributed by atoms with E-state index in [2.05, 4.69) is 4.90 Å². The number of morpholine rings is 1. The van der Waals surface area contributed by atoms with Gasteiger partial charge in [-0.05, 0) is 6.42 Å². The molecule has 2 aliphatic heterocycles. The molecule has 0 saturated carbocycles. The van der Waals surface area contributed by atoms with Gasteiger partial charge >= 0.3 is 5.97 Å². The number of carbonyl (C=O) groups excluding carboxylic acids is 1. The van der Waals surface area contributed by atoms with Gasteiger partial charge in [0.05, 0.1) is 19.8 Å². The zero-order valence-corrected chi connectivity index (χ0v) is 7.16. The lowest BCUT2D eigenvalue weighted by molar-refractivity contribution is -0.154. The monoisotopic (exact) mass is 171 g/mol. The van der Waals surface area contributed by atoms with Crippen molar-refractivity contribution in [2.24, 2.45) is 0 Å². The predicted octanol–water partition coefficient (Wildman–Crippen LogP) is -0.368. The summed E-state index contributed by atoms with van der Waals surface area (Å²) in [5.41, 5.74) is 0. The Morgan fingerprint density at radius 1 is 1.58 bits per heavy atom. The first kappa shape index (κ1) is 8.01. The van der Waals surface area contributed by atoms with Gasteiger partial charge in [0.15, 0.2) is 0 Å². The van der Waals surface area contributed by atoms with Gasteiger partial charge in [-0.15, -0.1) is 0 Å². The summed E-state index contributed by atoms with van der Waals surface area (Å²) < 4.78 is 10.2. The van der Waals surface area contributed by atoms with Crippen molar-refractivity contribution in [1.82, 2.24) is 4.90 Å². The fraction of sp³-hybridized carbons (Fsp3) is 0.875. The molecule has 2 bridgehead atoms. The average Bonchev–Trinajstić information content (AvgIpc) is 2.35. The third kappa shape index (κ3) is 1.11. The van der Waals surface area contributed by atoms with Crippen molar-refractivity contribution in [3.05, 3.63) is 0 Å². The van der Waals surface area contributed by atoms with Crippen LogP contribution in [0.4, 0.5) is 0 Å². The van der Waals surface area contributed by atoms with E-state index in [0.29, 0.717) is 0 Å². The second-order valence-electron chi connectivity index (χ2n) is 3.20. The molecule has 2 fully saturated rings. The fourth-order valence-corrected chi connectivity index (χ4v) is 1.99. The summed E-state index contributed by atoms with van der Waals surface area (Å²) in [6, 6.07) is -0.135. The van der Waals surface area contributed by atoms with Crippen molar-refractivity contribution < 1.29 is 14.3 Å². The molecule has 0 aliphatic carbocycles. The normalized spacial score (nSPS) is 39.6. The minimum Gasteiger partial charge on any atom is -0.468 e. The van der Waals surface area contributed by atoms with E-state index in [9.17, 15) is 4.79 Å². The molecule has 2 rings (SSSR count). The van der Waals surface area contributed by atoms with Gasteiger partial charge in [0.1, 0.15) is 6.04 Å². The minimum absolute atomic E-state index is 0.0752. The molecule has 0 N–H and O–H groups in total. The topological polar surface area (TPSA) is 38.8 Å². The van der Waals surface area contributed by atoms with Crippen molar-refractivity contribution >= 4 is 5.97 Å². The van der Waals surface area contributed by atoms with Gasteiger partial charge < -0.3 is 9.47 Å². The molecule has 2 heterocycles. The van der Waals surface area contributed by atoms with Crippen LogP contribution in [0, 0.1) is 0 Å². The van der Waals surface area contributed by atoms with Crippen LogP contribution in [0.15, 0.2) is 0 Å². The largest absolute Gasteiger partial charge is 0.468 e. The molecule has 3 atom stereocenters. The highest BCUT2D eigenvalue weighted by Crippen LogP contribution is 2.25. The van der Waals surface area contributed by atoms with Gasteiger partial charge in [0.25, 0.3) is 0 Å². The van der Waals surface area contributed by atoms with Crippen molar-refractivity contribution in [3.63, 3.8) is 0 Å². The average molecular weight is 171 g/mol. The Kier molecular flexibility index (Phi) is 2.02. The number of nitrogens with zero attached hydrogens (tertiary/aromatic N) is 1. The number of hydrogen-bond donors (Lipinski definition) is 0. The number of fused-ring (bicyclic) bond motifs is 2. The lowest BCUT2D eigenvalue weighted by atomic mass is 10.1. The molecule has 2 aliphatic rings.